The Morgan fingerprint density at radius 1 is 1.24 bits per heavy atom. The van der Waals surface area contributed by atoms with Crippen LogP contribution in [-0.4, -0.2) is 6.04 Å². The van der Waals surface area contributed by atoms with Crippen LogP contribution in [-0.2, 0) is 0 Å². The van der Waals surface area contributed by atoms with Crippen molar-refractivity contribution < 1.29 is 4.39 Å². The van der Waals surface area contributed by atoms with E-state index in [4.69, 9.17) is 11.6 Å². The largest absolute Gasteiger partial charge is 0.380 e. The lowest BCUT2D eigenvalue weighted by atomic mass is 9.75. The maximum atomic E-state index is 13.2. The molecule has 0 heterocycles. The summed E-state index contributed by atoms with van der Waals surface area (Å²) in [5.74, 6) is 0.268. The first-order chi connectivity index (χ1) is 10.0. The van der Waals surface area contributed by atoms with Gasteiger partial charge in [0.25, 0.3) is 0 Å². The molecule has 3 rings (SSSR count). The summed E-state index contributed by atoms with van der Waals surface area (Å²) >= 11 is 9.46. The highest BCUT2D eigenvalue weighted by molar-refractivity contribution is 9.10. The number of aryl methyl sites for hydroxylation is 1. The van der Waals surface area contributed by atoms with Gasteiger partial charge in [-0.05, 0) is 59.3 Å². The van der Waals surface area contributed by atoms with Crippen LogP contribution in [0.1, 0.15) is 29.9 Å². The molecule has 1 saturated carbocycles. The third-order valence-electron chi connectivity index (χ3n) is 4.01. The summed E-state index contributed by atoms with van der Waals surface area (Å²) in [6, 6.07) is 11.8. The van der Waals surface area contributed by atoms with E-state index in [1.54, 1.807) is 0 Å². The number of nitrogens with one attached hydrogen (secondary N) is 1. The molecule has 0 aromatic heterocycles. The molecular weight excluding hydrogens is 353 g/mol. The van der Waals surface area contributed by atoms with Gasteiger partial charge in [0.15, 0.2) is 0 Å². The smallest absolute Gasteiger partial charge is 0.125 e. The second-order valence-corrected chi connectivity index (χ2v) is 6.93. The molecular formula is C17H16BrClFN. The Morgan fingerprint density at radius 2 is 2.00 bits per heavy atom. The Kier molecular flexibility index (Phi) is 4.23. The molecule has 1 fully saturated rings. The molecule has 0 amide bonds. The minimum Gasteiger partial charge on any atom is -0.380 e. The first-order valence-electron chi connectivity index (χ1n) is 7.00. The van der Waals surface area contributed by atoms with Gasteiger partial charge in [-0.15, -0.1) is 0 Å². The van der Waals surface area contributed by atoms with E-state index in [0.717, 1.165) is 18.5 Å². The van der Waals surface area contributed by atoms with Crippen molar-refractivity contribution in [2.24, 2.45) is 0 Å². The van der Waals surface area contributed by atoms with Gasteiger partial charge in [-0.25, -0.2) is 4.39 Å². The SMILES string of the molecule is Cc1cccc(C2CC(Nc3c(Cl)cc(F)cc3Br)C2)c1. The molecule has 0 saturated heterocycles. The van der Waals surface area contributed by atoms with Crippen LogP contribution in [0.5, 0.6) is 0 Å². The fourth-order valence-corrected chi connectivity index (χ4v) is 3.74. The molecule has 4 heteroatoms. The Bertz CT molecular complexity index is 645. The quantitative estimate of drug-likeness (QED) is 0.710. The molecule has 1 aliphatic carbocycles. The van der Waals surface area contributed by atoms with Crippen LogP contribution >= 0.6 is 27.5 Å². The lowest BCUT2D eigenvalue weighted by molar-refractivity contribution is 0.374. The van der Waals surface area contributed by atoms with E-state index in [9.17, 15) is 4.39 Å². The van der Waals surface area contributed by atoms with Crippen molar-refractivity contribution in [2.75, 3.05) is 5.32 Å². The second-order valence-electron chi connectivity index (χ2n) is 5.67. The molecule has 0 spiro atoms. The summed E-state index contributed by atoms with van der Waals surface area (Å²) in [7, 11) is 0. The lowest BCUT2D eigenvalue weighted by Crippen LogP contribution is -2.34. The van der Waals surface area contributed by atoms with Gasteiger partial charge in [0.2, 0.25) is 0 Å². The maximum Gasteiger partial charge on any atom is 0.125 e. The van der Waals surface area contributed by atoms with Crippen LogP contribution in [0.3, 0.4) is 0 Å². The van der Waals surface area contributed by atoms with E-state index in [0.29, 0.717) is 21.5 Å². The third-order valence-corrected chi connectivity index (χ3v) is 4.93. The van der Waals surface area contributed by atoms with Crippen LogP contribution in [0.25, 0.3) is 0 Å². The number of halogens is 3. The minimum absolute atomic E-state index is 0.330. The van der Waals surface area contributed by atoms with E-state index in [1.807, 2.05) is 0 Å². The first-order valence-corrected chi connectivity index (χ1v) is 8.17. The normalized spacial score (nSPS) is 21.0. The number of benzene rings is 2. The van der Waals surface area contributed by atoms with Gasteiger partial charge in [-0.3, -0.25) is 0 Å². The van der Waals surface area contributed by atoms with Gasteiger partial charge in [0.05, 0.1) is 10.7 Å². The average molecular weight is 369 g/mol. The second kappa shape index (κ2) is 5.98. The number of hydrogen-bond donors (Lipinski definition) is 1. The third kappa shape index (κ3) is 3.24. The fraction of sp³-hybridized carbons (Fsp3) is 0.294. The molecule has 1 nitrogen and oxygen atoms in total. The van der Waals surface area contributed by atoms with E-state index in [2.05, 4.69) is 52.4 Å². The Labute approximate surface area is 137 Å². The molecule has 110 valence electrons. The Hall–Kier alpha value is -1.06. The zero-order valence-corrected chi connectivity index (χ0v) is 14.0. The summed E-state index contributed by atoms with van der Waals surface area (Å²) in [6.45, 7) is 2.12. The van der Waals surface area contributed by atoms with E-state index in [-0.39, 0.29) is 5.82 Å². The van der Waals surface area contributed by atoms with Crippen molar-refractivity contribution in [1.29, 1.82) is 0 Å². The first kappa shape index (κ1) is 14.9. The van der Waals surface area contributed by atoms with Gasteiger partial charge < -0.3 is 5.32 Å². The predicted molar refractivity (Wildman–Crippen MR) is 89.7 cm³/mol. The van der Waals surface area contributed by atoms with Crippen molar-refractivity contribution in [2.45, 2.75) is 31.7 Å². The standard InChI is InChI=1S/C17H16BrClFN/c1-10-3-2-4-11(5-10)12-6-14(7-12)21-17-15(18)8-13(20)9-16(17)19/h2-5,8-9,12,14,21H,6-7H2,1H3. The van der Waals surface area contributed by atoms with E-state index in [1.165, 1.54) is 23.3 Å². The van der Waals surface area contributed by atoms with Gasteiger partial charge in [-0.2, -0.15) is 0 Å². The van der Waals surface area contributed by atoms with Gasteiger partial charge >= 0.3 is 0 Å². The monoisotopic (exact) mass is 367 g/mol. The van der Waals surface area contributed by atoms with E-state index < -0.39 is 0 Å². The van der Waals surface area contributed by atoms with Crippen molar-refractivity contribution in [3.63, 3.8) is 0 Å². The zero-order chi connectivity index (χ0) is 15.0. The summed E-state index contributed by atoms with van der Waals surface area (Å²) in [6.07, 6.45) is 2.15. The highest BCUT2D eigenvalue weighted by Crippen LogP contribution is 2.41. The number of rotatable bonds is 3. The Balaban J connectivity index is 1.65. The molecule has 21 heavy (non-hydrogen) atoms. The van der Waals surface area contributed by atoms with Crippen molar-refractivity contribution >= 4 is 33.2 Å². The number of anilines is 1. The zero-order valence-electron chi connectivity index (χ0n) is 11.7. The van der Waals surface area contributed by atoms with Crippen LogP contribution in [0.15, 0.2) is 40.9 Å². The highest BCUT2D eigenvalue weighted by atomic mass is 79.9. The van der Waals surface area contributed by atoms with Crippen molar-refractivity contribution in [1.82, 2.24) is 0 Å². The van der Waals surface area contributed by atoms with E-state index >= 15 is 0 Å². The topological polar surface area (TPSA) is 12.0 Å². The molecule has 0 aliphatic heterocycles. The molecule has 2 aromatic rings. The van der Waals surface area contributed by atoms with Gasteiger partial charge in [-0.1, -0.05) is 41.4 Å². The molecule has 0 radical (unpaired) electrons. The summed E-state index contributed by atoms with van der Waals surface area (Å²) in [5.41, 5.74) is 3.48. The molecule has 0 bridgehead atoms. The van der Waals surface area contributed by atoms with Gasteiger partial charge in [0, 0.05) is 10.5 Å². The Morgan fingerprint density at radius 3 is 2.67 bits per heavy atom. The van der Waals surface area contributed by atoms with Crippen molar-refractivity contribution in [3.05, 3.63) is 62.8 Å². The fourth-order valence-electron chi connectivity index (χ4n) is 2.82. The van der Waals surface area contributed by atoms with Crippen molar-refractivity contribution in [3.8, 4) is 0 Å². The molecule has 1 aliphatic rings. The average Bonchev–Trinajstić information content (AvgIpc) is 2.35. The summed E-state index contributed by atoms with van der Waals surface area (Å²) < 4.78 is 13.9. The maximum absolute atomic E-state index is 13.2. The predicted octanol–water partition coefficient (Wildman–Crippen LogP) is 5.91. The van der Waals surface area contributed by atoms with Gasteiger partial charge in [0.1, 0.15) is 5.82 Å². The minimum atomic E-state index is -0.330. The summed E-state index contributed by atoms with van der Waals surface area (Å²) in [4.78, 5) is 0. The van der Waals surface area contributed by atoms with Crippen LogP contribution in [0.2, 0.25) is 5.02 Å². The highest BCUT2D eigenvalue weighted by Gasteiger charge is 2.31. The van der Waals surface area contributed by atoms with Crippen LogP contribution in [0.4, 0.5) is 10.1 Å². The molecule has 0 unspecified atom stereocenters. The molecule has 0 atom stereocenters. The molecule has 2 aromatic carbocycles. The molecule has 1 N–H and O–H groups in total. The van der Waals surface area contributed by atoms with Crippen LogP contribution in [0, 0.1) is 12.7 Å². The summed E-state index contributed by atoms with van der Waals surface area (Å²) in [5, 5.41) is 3.83. The van der Waals surface area contributed by atoms with Crippen LogP contribution < -0.4 is 5.32 Å². The number of hydrogen-bond acceptors (Lipinski definition) is 1. The lowest BCUT2D eigenvalue weighted by Gasteiger charge is -2.37.